The van der Waals surface area contributed by atoms with Crippen LogP contribution in [0.15, 0.2) is 71.8 Å². The number of carbonyl (C=O) groups is 1. The molecule has 0 aliphatic carbocycles. The summed E-state index contributed by atoms with van der Waals surface area (Å²) in [5, 5.41) is 13.5. The molecule has 166 valence electrons. The number of nitrogens with one attached hydrogen (secondary N) is 1. The second-order valence-corrected chi connectivity index (χ2v) is 7.55. The highest BCUT2D eigenvalue weighted by Crippen LogP contribution is 2.38. The summed E-state index contributed by atoms with van der Waals surface area (Å²) in [6.45, 7) is 0.341. The van der Waals surface area contributed by atoms with Crippen LogP contribution in [0.4, 0.5) is 0 Å². The van der Waals surface area contributed by atoms with Crippen LogP contribution in [0.1, 0.15) is 29.2 Å². The van der Waals surface area contributed by atoms with E-state index in [2.05, 4.69) is 15.3 Å². The second-order valence-electron chi connectivity index (χ2n) is 7.55. The Balaban J connectivity index is 1.53. The molecule has 9 heteroatoms. The van der Waals surface area contributed by atoms with Crippen LogP contribution in [-0.2, 0) is 11.3 Å². The Kier molecular flexibility index (Phi) is 5.35. The van der Waals surface area contributed by atoms with Crippen molar-refractivity contribution in [3.05, 3.63) is 94.2 Å². The second kappa shape index (κ2) is 8.62. The molecule has 0 bridgehead atoms. The summed E-state index contributed by atoms with van der Waals surface area (Å²) in [4.78, 5) is 34.6. The highest BCUT2D eigenvalue weighted by molar-refractivity contribution is 5.77. The number of amides is 1. The predicted octanol–water partition coefficient (Wildman–Crippen LogP) is 2.36. The molecule has 1 atom stereocenters. The van der Waals surface area contributed by atoms with E-state index in [0.29, 0.717) is 28.4 Å². The maximum absolute atomic E-state index is 13.3. The van der Waals surface area contributed by atoms with Gasteiger partial charge in [-0.25, -0.2) is 0 Å². The number of aromatic nitrogens is 3. The quantitative estimate of drug-likeness (QED) is 0.469. The zero-order valence-corrected chi connectivity index (χ0v) is 17.5. The van der Waals surface area contributed by atoms with E-state index in [4.69, 9.17) is 9.47 Å². The van der Waals surface area contributed by atoms with Crippen molar-refractivity contribution in [2.75, 3.05) is 6.79 Å². The molecule has 2 N–H and O–H groups in total. The molecule has 0 saturated carbocycles. The van der Waals surface area contributed by atoms with Crippen LogP contribution >= 0.6 is 0 Å². The van der Waals surface area contributed by atoms with E-state index in [1.54, 1.807) is 60.9 Å². The lowest BCUT2D eigenvalue weighted by Crippen LogP contribution is -2.29. The Morgan fingerprint density at radius 1 is 1.12 bits per heavy atom. The van der Waals surface area contributed by atoms with Gasteiger partial charge in [0.2, 0.25) is 18.6 Å². The average Bonchev–Trinajstić information content (AvgIpc) is 3.31. The van der Waals surface area contributed by atoms with Gasteiger partial charge in [-0.3, -0.25) is 19.0 Å². The first-order valence-corrected chi connectivity index (χ1v) is 10.4. The van der Waals surface area contributed by atoms with Crippen LogP contribution in [0.2, 0.25) is 0 Å². The Labute approximate surface area is 188 Å². The number of rotatable bonds is 6. The summed E-state index contributed by atoms with van der Waals surface area (Å²) in [7, 11) is 0. The SMILES string of the molecule is O=C(CC(c1ccc2c(c1)OCO2)c1c(O)nc2ccccn2c1=O)NCc1ccccn1. The lowest BCUT2D eigenvalue weighted by Gasteiger charge is -2.19. The van der Waals surface area contributed by atoms with Gasteiger partial charge in [-0.05, 0) is 42.0 Å². The topological polar surface area (TPSA) is 115 Å². The van der Waals surface area contributed by atoms with Crippen LogP contribution < -0.4 is 20.3 Å². The van der Waals surface area contributed by atoms with Crippen molar-refractivity contribution in [3.63, 3.8) is 0 Å². The first-order chi connectivity index (χ1) is 16.1. The number of fused-ring (bicyclic) bond motifs is 2. The third-order valence-corrected chi connectivity index (χ3v) is 5.48. The van der Waals surface area contributed by atoms with Crippen molar-refractivity contribution in [1.82, 2.24) is 19.7 Å². The first kappa shape index (κ1) is 20.5. The van der Waals surface area contributed by atoms with Crippen LogP contribution in [0.25, 0.3) is 5.65 Å². The van der Waals surface area contributed by atoms with Gasteiger partial charge in [0.25, 0.3) is 5.56 Å². The van der Waals surface area contributed by atoms with Crippen LogP contribution in [-0.4, -0.2) is 32.2 Å². The standard InChI is InChI=1S/C24H20N4O5/c29-21(26-13-16-5-1-3-9-25-16)12-17(15-7-8-18-19(11-15)33-14-32-18)22-23(30)27-20-6-2-4-10-28(20)24(22)31/h1-11,17,30H,12-14H2,(H,26,29). The minimum atomic E-state index is -0.764. The van der Waals surface area contributed by atoms with E-state index in [1.165, 1.54) is 4.40 Å². The number of ether oxygens (including phenoxy) is 2. The molecular formula is C24H20N4O5. The molecule has 0 fully saturated rings. The molecule has 1 unspecified atom stereocenters. The first-order valence-electron chi connectivity index (χ1n) is 10.4. The van der Waals surface area contributed by atoms with E-state index < -0.39 is 17.4 Å². The Hall–Kier alpha value is -4.40. The fourth-order valence-electron chi connectivity index (χ4n) is 3.86. The molecule has 1 aliphatic rings. The lowest BCUT2D eigenvalue weighted by atomic mass is 9.89. The lowest BCUT2D eigenvalue weighted by molar-refractivity contribution is -0.121. The van der Waals surface area contributed by atoms with Gasteiger partial charge in [0.1, 0.15) is 5.65 Å². The van der Waals surface area contributed by atoms with Gasteiger partial charge in [0.05, 0.1) is 17.8 Å². The monoisotopic (exact) mass is 444 g/mol. The van der Waals surface area contributed by atoms with Gasteiger partial charge in [0, 0.05) is 24.7 Å². The van der Waals surface area contributed by atoms with E-state index in [1.807, 2.05) is 6.07 Å². The van der Waals surface area contributed by atoms with E-state index in [9.17, 15) is 14.7 Å². The molecule has 3 aromatic heterocycles. The molecule has 1 aromatic carbocycles. The van der Waals surface area contributed by atoms with Crippen LogP contribution in [0.5, 0.6) is 17.4 Å². The normalized spacial score (nSPS) is 13.1. The van der Waals surface area contributed by atoms with Crippen molar-refractivity contribution in [2.45, 2.75) is 18.9 Å². The minimum Gasteiger partial charge on any atom is -0.493 e. The fourth-order valence-corrected chi connectivity index (χ4v) is 3.86. The molecule has 0 spiro atoms. The minimum absolute atomic E-state index is 0.0329. The number of pyridine rings is 2. The summed E-state index contributed by atoms with van der Waals surface area (Å²) in [6.07, 6.45) is 3.14. The highest BCUT2D eigenvalue weighted by Gasteiger charge is 2.28. The Morgan fingerprint density at radius 2 is 1.97 bits per heavy atom. The smallest absolute Gasteiger partial charge is 0.265 e. The molecule has 4 aromatic rings. The number of aromatic hydroxyl groups is 1. The summed E-state index contributed by atoms with van der Waals surface area (Å²) in [5.74, 6) is -0.388. The summed E-state index contributed by atoms with van der Waals surface area (Å²) < 4.78 is 12.2. The van der Waals surface area contributed by atoms with Gasteiger partial charge >= 0.3 is 0 Å². The number of carbonyl (C=O) groups excluding carboxylic acids is 1. The number of benzene rings is 1. The van der Waals surface area contributed by atoms with Crippen molar-refractivity contribution < 1.29 is 19.4 Å². The van der Waals surface area contributed by atoms with E-state index in [-0.39, 0.29) is 31.2 Å². The molecule has 0 radical (unpaired) electrons. The molecule has 9 nitrogen and oxygen atoms in total. The van der Waals surface area contributed by atoms with Crippen molar-refractivity contribution in [3.8, 4) is 17.4 Å². The fraction of sp³-hybridized carbons (Fsp3) is 0.167. The molecule has 1 amide bonds. The maximum Gasteiger partial charge on any atom is 0.265 e. The Bertz CT molecular complexity index is 1390. The molecule has 5 rings (SSSR count). The van der Waals surface area contributed by atoms with Crippen LogP contribution in [0.3, 0.4) is 0 Å². The highest BCUT2D eigenvalue weighted by atomic mass is 16.7. The Morgan fingerprint density at radius 3 is 2.82 bits per heavy atom. The summed E-state index contributed by atoms with van der Waals surface area (Å²) in [6, 6.07) is 15.7. The van der Waals surface area contributed by atoms with E-state index >= 15 is 0 Å². The summed E-state index contributed by atoms with van der Waals surface area (Å²) >= 11 is 0. The number of nitrogens with zero attached hydrogens (tertiary/aromatic N) is 3. The van der Waals surface area contributed by atoms with Gasteiger partial charge in [0.15, 0.2) is 11.5 Å². The average molecular weight is 444 g/mol. The maximum atomic E-state index is 13.3. The largest absolute Gasteiger partial charge is 0.493 e. The van der Waals surface area contributed by atoms with Gasteiger partial charge < -0.3 is 19.9 Å². The molecule has 0 saturated heterocycles. The number of hydrogen-bond acceptors (Lipinski definition) is 7. The molecular weight excluding hydrogens is 424 g/mol. The zero-order valence-electron chi connectivity index (χ0n) is 17.5. The molecule has 33 heavy (non-hydrogen) atoms. The molecule has 4 heterocycles. The van der Waals surface area contributed by atoms with Gasteiger partial charge in [-0.15, -0.1) is 0 Å². The third-order valence-electron chi connectivity index (χ3n) is 5.48. The summed E-state index contributed by atoms with van der Waals surface area (Å²) in [5.41, 5.74) is 1.23. The number of hydrogen-bond donors (Lipinski definition) is 2. The van der Waals surface area contributed by atoms with Crippen LogP contribution in [0, 0.1) is 0 Å². The van der Waals surface area contributed by atoms with E-state index in [0.717, 1.165) is 0 Å². The predicted molar refractivity (Wildman–Crippen MR) is 118 cm³/mol. The van der Waals surface area contributed by atoms with Crippen molar-refractivity contribution >= 4 is 11.6 Å². The van der Waals surface area contributed by atoms with Crippen molar-refractivity contribution in [2.24, 2.45) is 0 Å². The zero-order chi connectivity index (χ0) is 22.8. The van der Waals surface area contributed by atoms with Gasteiger partial charge in [-0.1, -0.05) is 18.2 Å². The third kappa shape index (κ3) is 4.08. The van der Waals surface area contributed by atoms with Crippen molar-refractivity contribution in [1.29, 1.82) is 0 Å². The van der Waals surface area contributed by atoms with Gasteiger partial charge in [-0.2, -0.15) is 4.98 Å². The molecule has 1 aliphatic heterocycles.